The zero-order valence-corrected chi connectivity index (χ0v) is 17.9. The van der Waals surface area contributed by atoms with Gasteiger partial charge in [-0.1, -0.05) is 34.1 Å². The lowest BCUT2D eigenvalue weighted by molar-refractivity contribution is -0.203. The van der Waals surface area contributed by atoms with Gasteiger partial charge in [0.1, 0.15) is 0 Å². The summed E-state index contributed by atoms with van der Waals surface area (Å²) < 4.78 is 0. The van der Waals surface area contributed by atoms with Gasteiger partial charge in [-0.05, 0) is 97.2 Å². The van der Waals surface area contributed by atoms with Gasteiger partial charge in [-0.2, -0.15) is 0 Å². The van der Waals surface area contributed by atoms with Crippen molar-refractivity contribution < 1.29 is 15.3 Å². The average molecular weight is 379 g/mol. The van der Waals surface area contributed by atoms with Crippen LogP contribution in [0.15, 0.2) is 0 Å². The van der Waals surface area contributed by atoms with E-state index in [1.807, 2.05) is 0 Å². The van der Waals surface area contributed by atoms with Crippen LogP contribution in [0.5, 0.6) is 0 Å². The molecule has 11 atom stereocenters. The Balaban J connectivity index is 1.69. The van der Waals surface area contributed by atoms with Crippen LogP contribution in [0.4, 0.5) is 0 Å². The highest BCUT2D eigenvalue weighted by Crippen LogP contribution is 2.69. The van der Waals surface area contributed by atoms with Crippen LogP contribution in [0.1, 0.15) is 79.1 Å². The van der Waals surface area contributed by atoms with Crippen LogP contribution in [0.2, 0.25) is 0 Å². The molecule has 0 heterocycles. The average Bonchev–Trinajstić information content (AvgIpc) is 3.00. The summed E-state index contributed by atoms with van der Waals surface area (Å²) in [6.45, 7) is 9.73. The summed E-state index contributed by atoms with van der Waals surface area (Å²) in [7, 11) is 0. The molecule has 0 bridgehead atoms. The molecule has 0 amide bonds. The summed E-state index contributed by atoms with van der Waals surface area (Å²) >= 11 is 0. The van der Waals surface area contributed by atoms with Gasteiger partial charge in [-0.15, -0.1) is 0 Å². The second-order valence-corrected chi connectivity index (χ2v) is 11.3. The molecule has 0 aromatic carbocycles. The van der Waals surface area contributed by atoms with E-state index >= 15 is 0 Å². The van der Waals surface area contributed by atoms with Crippen LogP contribution in [0.3, 0.4) is 0 Å². The van der Waals surface area contributed by atoms with Crippen LogP contribution in [0.25, 0.3) is 0 Å². The fourth-order valence-electron chi connectivity index (χ4n) is 9.06. The zero-order valence-electron chi connectivity index (χ0n) is 17.9. The smallest absolute Gasteiger partial charge is 0.0605 e. The highest BCUT2D eigenvalue weighted by molar-refractivity contribution is 5.13. The first-order valence-corrected chi connectivity index (χ1v) is 11.7. The first-order valence-electron chi connectivity index (χ1n) is 11.7. The van der Waals surface area contributed by atoms with Gasteiger partial charge in [-0.3, -0.25) is 0 Å². The number of hydrogen-bond donors (Lipinski definition) is 3. The maximum absolute atomic E-state index is 11.6. The van der Waals surface area contributed by atoms with Crippen LogP contribution in [0, 0.1) is 52.3 Å². The van der Waals surface area contributed by atoms with Crippen molar-refractivity contribution in [2.24, 2.45) is 52.3 Å². The third-order valence-corrected chi connectivity index (χ3v) is 10.4. The summed E-state index contributed by atoms with van der Waals surface area (Å²) in [6, 6.07) is 0. The van der Waals surface area contributed by atoms with Crippen molar-refractivity contribution in [3.63, 3.8) is 0 Å². The SMILES string of the molecule is CC[C@H]1[C@@H](O)[C@@H]2[C@H](CC[C@]3(C)[C@@H](C(C)CO)CC[C@@H]23)[C@@]2(C)CC[C@@H](O)C[C@@H]12. The molecule has 4 aliphatic rings. The molecule has 4 rings (SSSR count). The van der Waals surface area contributed by atoms with E-state index in [0.717, 1.165) is 25.7 Å². The fraction of sp³-hybridized carbons (Fsp3) is 1.00. The minimum absolute atomic E-state index is 0.170. The molecule has 3 heteroatoms. The summed E-state index contributed by atoms with van der Waals surface area (Å²) in [4.78, 5) is 0. The Morgan fingerprint density at radius 2 is 1.59 bits per heavy atom. The Hall–Kier alpha value is -0.120. The Morgan fingerprint density at radius 3 is 2.26 bits per heavy atom. The molecular formula is C24H42O3. The first kappa shape index (κ1) is 20.2. The molecule has 3 nitrogen and oxygen atoms in total. The number of fused-ring (bicyclic) bond motifs is 5. The predicted molar refractivity (Wildman–Crippen MR) is 108 cm³/mol. The molecule has 156 valence electrons. The lowest BCUT2D eigenvalue weighted by Crippen LogP contribution is -2.62. The maximum Gasteiger partial charge on any atom is 0.0605 e. The molecule has 4 saturated carbocycles. The van der Waals surface area contributed by atoms with Crippen molar-refractivity contribution in [2.75, 3.05) is 6.61 Å². The van der Waals surface area contributed by atoms with E-state index < -0.39 is 0 Å². The molecule has 0 aliphatic heterocycles. The third-order valence-electron chi connectivity index (χ3n) is 10.4. The summed E-state index contributed by atoms with van der Waals surface area (Å²) in [6.07, 6.45) is 8.52. The van der Waals surface area contributed by atoms with Gasteiger partial charge in [0.2, 0.25) is 0 Å². The van der Waals surface area contributed by atoms with Crippen molar-refractivity contribution in [1.29, 1.82) is 0 Å². The summed E-state index contributed by atoms with van der Waals surface area (Å²) in [5, 5.41) is 31.8. The largest absolute Gasteiger partial charge is 0.396 e. The predicted octanol–water partition coefficient (Wildman–Crippen LogP) is 4.24. The molecule has 0 saturated heterocycles. The van der Waals surface area contributed by atoms with Crippen molar-refractivity contribution in [2.45, 2.75) is 91.3 Å². The van der Waals surface area contributed by atoms with Crippen LogP contribution >= 0.6 is 0 Å². The summed E-state index contributed by atoms with van der Waals surface area (Å²) in [5.74, 6) is 3.40. The lowest BCUT2D eigenvalue weighted by Gasteiger charge is -2.64. The molecule has 0 aromatic heterocycles. The van der Waals surface area contributed by atoms with Gasteiger partial charge in [0.25, 0.3) is 0 Å². The van der Waals surface area contributed by atoms with Crippen molar-refractivity contribution in [3.05, 3.63) is 0 Å². The maximum atomic E-state index is 11.6. The van der Waals surface area contributed by atoms with Gasteiger partial charge >= 0.3 is 0 Å². The van der Waals surface area contributed by atoms with E-state index in [9.17, 15) is 15.3 Å². The van der Waals surface area contributed by atoms with E-state index in [1.165, 1.54) is 25.7 Å². The van der Waals surface area contributed by atoms with Gasteiger partial charge in [0.15, 0.2) is 0 Å². The summed E-state index contributed by atoms with van der Waals surface area (Å²) in [5.41, 5.74) is 0.561. The molecule has 1 unspecified atom stereocenters. The van der Waals surface area contributed by atoms with Gasteiger partial charge < -0.3 is 15.3 Å². The molecule has 0 spiro atoms. The highest BCUT2D eigenvalue weighted by Gasteiger charge is 2.64. The number of rotatable bonds is 3. The molecule has 4 aliphatic carbocycles. The zero-order chi connectivity index (χ0) is 19.6. The molecule has 27 heavy (non-hydrogen) atoms. The van der Waals surface area contributed by atoms with Crippen molar-refractivity contribution in [1.82, 2.24) is 0 Å². The van der Waals surface area contributed by atoms with Crippen molar-refractivity contribution in [3.8, 4) is 0 Å². The quantitative estimate of drug-likeness (QED) is 0.688. The number of hydrogen-bond acceptors (Lipinski definition) is 3. The van der Waals surface area contributed by atoms with Gasteiger partial charge in [0.05, 0.1) is 12.2 Å². The topological polar surface area (TPSA) is 60.7 Å². The highest BCUT2D eigenvalue weighted by atomic mass is 16.3. The Kier molecular flexibility index (Phi) is 5.22. The van der Waals surface area contributed by atoms with Crippen LogP contribution in [-0.4, -0.2) is 34.1 Å². The standard InChI is InChI=1S/C24H42O3/c1-5-16-20-12-15(26)8-10-24(20,4)19-9-11-23(3)17(14(2)13-25)6-7-18(23)21(19)22(16)27/h14-22,25-27H,5-13H2,1-4H3/t14?,15-,16-,17-,18+,19+,20+,21+,22-,23-,24-/m1/s1. The monoisotopic (exact) mass is 378 g/mol. The minimum Gasteiger partial charge on any atom is -0.396 e. The second-order valence-electron chi connectivity index (χ2n) is 11.3. The van der Waals surface area contributed by atoms with E-state index in [1.54, 1.807) is 0 Å². The van der Waals surface area contributed by atoms with Gasteiger partial charge in [0, 0.05) is 6.61 Å². The minimum atomic E-state index is -0.212. The number of aliphatic hydroxyl groups is 3. The third kappa shape index (κ3) is 2.78. The van der Waals surface area contributed by atoms with E-state index in [2.05, 4.69) is 27.7 Å². The number of aliphatic hydroxyl groups excluding tert-OH is 3. The van der Waals surface area contributed by atoms with Crippen LogP contribution in [-0.2, 0) is 0 Å². The van der Waals surface area contributed by atoms with E-state index in [0.29, 0.717) is 48.0 Å². The normalized spacial score (nSPS) is 56.1. The van der Waals surface area contributed by atoms with Crippen molar-refractivity contribution >= 4 is 0 Å². The molecule has 0 radical (unpaired) electrons. The Labute approximate surface area is 165 Å². The molecule has 3 N–H and O–H groups in total. The van der Waals surface area contributed by atoms with E-state index in [4.69, 9.17) is 0 Å². The Bertz CT molecular complexity index is 550. The van der Waals surface area contributed by atoms with Crippen LogP contribution < -0.4 is 0 Å². The molecular weight excluding hydrogens is 336 g/mol. The Morgan fingerprint density at radius 1 is 0.926 bits per heavy atom. The second kappa shape index (κ2) is 6.99. The molecule has 0 aromatic rings. The lowest BCUT2D eigenvalue weighted by atomic mass is 9.41. The first-order chi connectivity index (χ1) is 12.8. The fourth-order valence-corrected chi connectivity index (χ4v) is 9.06. The van der Waals surface area contributed by atoms with Gasteiger partial charge in [-0.25, -0.2) is 0 Å². The van der Waals surface area contributed by atoms with E-state index in [-0.39, 0.29) is 23.0 Å². The molecule has 4 fully saturated rings.